The van der Waals surface area contributed by atoms with Gasteiger partial charge in [-0.15, -0.1) is 0 Å². The number of carbonyl (C=O) groups excluding carboxylic acids is 2. The van der Waals surface area contributed by atoms with E-state index >= 15 is 0 Å². The van der Waals surface area contributed by atoms with Gasteiger partial charge >= 0.3 is 11.9 Å². The molecule has 1 N–H and O–H groups in total. The van der Waals surface area contributed by atoms with Crippen molar-refractivity contribution in [2.45, 2.75) is 103 Å². The number of hydrogen-bond acceptors (Lipinski definition) is 15. The number of hydrogen-bond donors (Lipinski definition) is 1. The number of rotatable bonds is 29. The largest absolute Gasteiger partial charge is 0.489 e. The van der Waals surface area contributed by atoms with Gasteiger partial charge in [0.05, 0.1) is 5.92 Å². The summed E-state index contributed by atoms with van der Waals surface area (Å²) in [6, 6.07) is 94.3. The second-order valence-electron chi connectivity index (χ2n) is 25.7. The number of esters is 2. The van der Waals surface area contributed by atoms with Gasteiger partial charge in [0.15, 0.2) is 41.3 Å². The fourth-order valence-electron chi connectivity index (χ4n) is 13.1. The van der Waals surface area contributed by atoms with Crippen molar-refractivity contribution < 1.29 is 71.5 Å². The molecule has 0 spiro atoms. The maximum atomic E-state index is 14.6. The lowest BCUT2D eigenvalue weighted by Crippen LogP contribution is -2.48. The van der Waals surface area contributed by atoms with Crippen molar-refractivity contribution in [3.8, 4) is 57.5 Å². The molecule has 0 fully saturated rings. The predicted molar refractivity (Wildman–Crippen MR) is 397 cm³/mol. The molecule has 528 valence electrons. The van der Waals surface area contributed by atoms with Crippen LogP contribution in [0.15, 0.2) is 297 Å². The SMILES string of the molecule is CC(=O)O[C@@H]1[C@@H](c2c(OCc3ccccc3)cc(OCc3ccccc3)c3c2O[C@H](c2ccc(OCc4ccccc4)c(OCc4ccccc4)c2)[C@](O)(OC(C)=O)C3)c2c(OCc3ccccc3)cc(OCc3ccccc3)cc2O[C@@H]1c1ccc(OCc2ccccc2)c(OCc2ccccc2)c1. The average Bonchev–Trinajstić information content (AvgIpc) is 0.714. The fourth-order valence-corrected chi connectivity index (χ4v) is 13.1. The monoisotopic (exact) mass is 1400 g/mol. The number of fused-ring (bicyclic) bond motifs is 2. The van der Waals surface area contributed by atoms with Gasteiger partial charge in [-0.1, -0.05) is 255 Å². The summed E-state index contributed by atoms with van der Waals surface area (Å²) in [7, 11) is 0. The smallest absolute Gasteiger partial charge is 0.305 e. The van der Waals surface area contributed by atoms with E-state index in [0.717, 1.165) is 44.5 Å². The van der Waals surface area contributed by atoms with Gasteiger partial charge in [-0.3, -0.25) is 9.59 Å². The standard InChI is InChI=1S/C90H78O15/c1-61(91)102-88-85(83-80(100-59-69-39-23-9-24-40-69)49-73(94-53-63-27-11-3-12-28-63)50-82(83)103-86(88)71-43-45-75(95-54-64-29-13-4-14-30-64)78(47-71)98-57-67-35-19-7-20-36-67)84-81(101-60-70-41-25-10-26-42-70)51-77(97-56-66-33-17-6-18-34-66)74-52-90(93,105-62(2)92)89(104-87(74)84)72-44-46-76(96-55-65-31-15-5-16-32-65)79(48-72)99-58-68-37-21-8-22-38-68/h3-51,85-86,88-89,93H,52-60H2,1-2H3/t85-,86-,88-,89-,90-/m1/s1. The minimum atomic E-state index is -2.46. The normalized spacial score (nSPS) is 16.3. The molecule has 2 aliphatic heterocycles. The lowest BCUT2D eigenvalue weighted by molar-refractivity contribution is -0.248. The Balaban J connectivity index is 1.01. The molecule has 2 aliphatic rings. The summed E-state index contributed by atoms with van der Waals surface area (Å²) in [5, 5.41) is 13.7. The fraction of sp³-hybridized carbons (Fsp3) is 0.178. The highest BCUT2D eigenvalue weighted by Crippen LogP contribution is 2.60. The van der Waals surface area contributed by atoms with Crippen molar-refractivity contribution in [3.05, 3.63) is 370 Å². The summed E-state index contributed by atoms with van der Waals surface area (Å²) < 4.78 is 83.2. The second-order valence-corrected chi connectivity index (χ2v) is 25.7. The second kappa shape index (κ2) is 33.1. The Kier molecular flexibility index (Phi) is 22.0. The third-order valence-electron chi connectivity index (χ3n) is 18.1. The highest BCUT2D eigenvalue weighted by atomic mass is 16.7. The van der Waals surface area contributed by atoms with E-state index in [9.17, 15) is 14.7 Å². The number of carbonyl (C=O) groups is 2. The van der Waals surface area contributed by atoms with Crippen LogP contribution in [-0.4, -0.2) is 28.9 Å². The lowest BCUT2D eigenvalue weighted by atomic mass is 9.76. The van der Waals surface area contributed by atoms with Crippen molar-refractivity contribution in [3.63, 3.8) is 0 Å². The zero-order chi connectivity index (χ0) is 71.7. The van der Waals surface area contributed by atoms with Crippen LogP contribution in [0.2, 0.25) is 0 Å². The Morgan fingerprint density at radius 2 is 0.714 bits per heavy atom. The van der Waals surface area contributed by atoms with E-state index in [1.165, 1.54) is 13.8 Å². The van der Waals surface area contributed by atoms with Crippen molar-refractivity contribution in [2.75, 3.05) is 0 Å². The third-order valence-corrected chi connectivity index (χ3v) is 18.1. The Labute approximate surface area is 610 Å². The van der Waals surface area contributed by atoms with Gasteiger partial charge in [-0.2, -0.15) is 0 Å². The molecular weight excluding hydrogens is 1320 g/mol. The van der Waals surface area contributed by atoms with Crippen LogP contribution in [0.3, 0.4) is 0 Å². The molecule has 15 nitrogen and oxygen atoms in total. The summed E-state index contributed by atoms with van der Waals surface area (Å²) in [4.78, 5) is 28.4. The van der Waals surface area contributed by atoms with Gasteiger partial charge in [-0.25, -0.2) is 0 Å². The van der Waals surface area contributed by atoms with Gasteiger partial charge < -0.3 is 61.9 Å². The van der Waals surface area contributed by atoms with Gasteiger partial charge in [0.1, 0.15) is 87.4 Å². The molecular formula is C90H78O15. The molecule has 0 saturated carbocycles. The van der Waals surface area contributed by atoms with Crippen LogP contribution in [0.25, 0.3) is 0 Å². The zero-order valence-electron chi connectivity index (χ0n) is 58.1. The number of benzene rings is 12. The Morgan fingerprint density at radius 3 is 1.11 bits per heavy atom. The van der Waals surface area contributed by atoms with Gasteiger partial charge in [0.25, 0.3) is 5.79 Å². The maximum Gasteiger partial charge on any atom is 0.305 e. The highest BCUT2D eigenvalue weighted by Gasteiger charge is 2.54. The molecule has 0 radical (unpaired) electrons. The molecule has 12 aromatic carbocycles. The topological polar surface area (TPSA) is 165 Å². The number of aliphatic hydroxyl groups is 1. The first-order valence-electron chi connectivity index (χ1n) is 34.9. The quantitative estimate of drug-likeness (QED) is 0.0347. The minimum absolute atomic E-state index is 0.0199. The third kappa shape index (κ3) is 17.4. The maximum absolute atomic E-state index is 14.6. The first-order chi connectivity index (χ1) is 51.5. The van der Waals surface area contributed by atoms with Crippen LogP contribution < -0.4 is 47.4 Å². The molecule has 14 rings (SSSR count). The molecule has 0 amide bonds. The van der Waals surface area contributed by atoms with Crippen LogP contribution >= 0.6 is 0 Å². The van der Waals surface area contributed by atoms with E-state index in [4.69, 9.17) is 56.8 Å². The van der Waals surface area contributed by atoms with Crippen molar-refractivity contribution in [2.24, 2.45) is 0 Å². The summed E-state index contributed by atoms with van der Waals surface area (Å²) in [6.07, 6.45) is -4.48. The predicted octanol–water partition coefficient (Wildman–Crippen LogP) is 18.4. The molecule has 0 bridgehead atoms. The van der Waals surface area contributed by atoms with Crippen LogP contribution in [0.4, 0.5) is 0 Å². The summed E-state index contributed by atoms with van der Waals surface area (Å²) >= 11 is 0. The van der Waals surface area contributed by atoms with Crippen molar-refractivity contribution >= 4 is 11.9 Å². The van der Waals surface area contributed by atoms with Crippen molar-refractivity contribution in [1.29, 1.82) is 0 Å². The molecule has 0 saturated heterocycles. The van der Waals surface area contributed by atoms with Gasteiger partial charge in [0, 0.05) is 66.3 Å². The molecule has 15 heteroatoms. The van der Waals surface area contributed by atoms with Crippen LogP contribution in [0.5, 0.6) is 57.5 Å². The molecule has 0 aliphatic carbocycles. The van der Waals surface area contributed by atoms with Gasteiger partial charge in [-0.05, 0) is 68.8 Å². The van der Waals surface area contributed by atoms with E-state index in [2.05, 4.69) is 0 Å². The van der Waals surface area contributed by atoms with E-state index in [-0.39, 0.29) is 75.7 Å². The molecule has 12 aromatic rings. The zero-order valence-corrected chi connectivity index (χ0v) is 58.1. The summed E-state index contributed by atoms with van der Waals surface area (Å²) in [6.45, 7) is 3.67. The van der Waals surface area contributed by atoms with Crippen LogP contribution in [0, 0.1) is 0 Å². The highest BCUT2D eigenvalue weighted by molar-refractivity contribution is 5.71. The van der Waals surface area contributed by atoms with E-state index in [0.29, 0.717) is 62.5 Å². The molecule has 5 atom stereocenters. The van der Waals surface area contributed by atoms with Crippen molar-refractivity contribution in [1.82, 2.24) is 0 Å². The van der Waals surface area contributed by atoms with Crippen LogP contribution in [0.1, 0.15) is 104 Å². The minimum Gasteiger partial charge on any atom is -0.489 e. The average molecular weight is 1400 g/mol. The Hall–Kier alpha value is -12.5. The first kappa shape index (κ1) is 69.6. The lowest BCUT2D eigenvalue weighted by Gasteiger charge is -2.44. The summed E-state index contributed by atoms with van der Waals surface area (Å²) in [5.74, 6) is -1.96. The molecule has 2 heterocycles. The Morgan fingerprint density at radius 1 is 0.362 bits per heavy atom. The van der Waals surface area contributed by atoms with Gasteiger partial charge in [0.2, 0.25) is 0 Å². The van der Waals surface area contributed by atoms with E-state index < -0.39 is 48.4 Å². The van der Waals surface area contributed by atoms with Crippen LogP contribution in [-0.2, 0) is 78.3 Å². The molecule has 105 heavy (non-hydrogen) atoms. The molecule has 0 aromatic heterocycles. The summed E-state index contributed by atoms with van der Waals surface area (Å²) in [5.41, 5.74) is 8.97. The van der Waals surface area contributed by atoms with E-state index in [1.54, 1.807) is 24.3 Å². The Bertz CT molecular complexity index is 4860. The molecule has 0 unspecified atom stereocenters. The first-order valence-corrected chi connectivity index (χ1v) is 34.9. The number of ether oxygens (including phenoxy) is 12. The van der Waals surface area contributed by atoms with E-state index in [1.807, 2.05) is 273 Å².